The van der Waals surface area contributed by atoms with Gasteiger partial charge in [0.25, 0.3) is 0 Å². The molecule has 104 valence electrons. The van der Waals surface area contributed by atoms with Gasteiger partial charge in [0.05, 0.1) is 23.0 Å². The van der Waals surface area contributed by atoms with Crippen LogP contribution >= 0.6 is 11.6 Å². The molecule has 2 unspecified atom stereocenters. The molecule has 0 aliphatic heterocycles. The lowest BCUT2D eigenvalue weighted by atomic mass is 9.85. The lowest BCUT2D eigenvalue weighted by Gasteiger charge is -2.43. The van der Waals surface area contributed by atoms with Crippen molar-refractivity contribution in [3.8, 4) is 0 Å². The van der Waals surface area contributed by atoms with E-state index in [9.17, 15) is 0 Å². The summed E-state index contributed by atoms with van der Waals surface area (Å²) in [5, 5.41) is 8.53. The van der Waals surface area contributed by atoms with Crippen molar-refractivity contribution in [1.82, 2.24) is 20.0 Å². The van der Waals surface area contributed by atoms with Gasteiger partial charge in [-0.2, -0.15) is 5.10 Å². The van der Waals surface area contributed by atoms with Crippen LogP contribution in [0.2, 0.25) is 5.02 Å². The van der Waals surface area contributed by atoms with E-state index >= 15 is 0 Å². The predicted molar refractivity (Wildman–Crippen MR) is 77.0 cm³/mol. The van der Waals surface area contributed by atoms with E-state index in [4.69, 9.17) is 11.6 Å². The topological polar surface area (TPSA) is 33.1 Å². The Kier molecular flexibility index (Phi) is 5.20. The molecule has 0 aliphatic rings. The number of nitrogens with one attached hydrogen (secondary N) is 1. The van der Waals surface area contributed by atoms with Crippen molar-refractivity contribution < 1.29 is 0 Å². The van der Waals surface area contributed by atoms with E-state index in [0.717, 1.165) is 23.7 Å². The van der Waals surface area contributed by atoms with Crippen LogP contribution in [-0.4, -0.2) is 40.9 Å². The molecule has 1 rings (SSSR count). The van der Waals surface area contributed by atoms with Crippen molar-refractivity contribution in [3.63, 3.8) is 0 Å². The van der Waals surface area contributed by atoms with Gasteiger partial charge in [-0.15, -0.1) is 0 Å². The van der Waals surface area contributed by atoms with Crippen molar-refractivity contribution in [1.29, 1.82) is 0 Å². The second kappa shape index (κ2) is 6.04. The Morgan fingerprint density at radius 3 is 2.44 bits per heavy atom. The first-order valence-electron chi connectivity index (χ1n) is 6.46. The third kappa shape index (κ3) is 2.71. The summed E-state index contributed by atoms with van der Waals surface area (Å²) in [5.41, 5.74) is 1.05. The Morgan fingerprint density at radius 1 is 1.50 bits per heavy atom. The van der Waals surface area contributed by atoms with Crippen LogP contribution in [0.15, 0.2) is 6.20 Å². The zero-order valence-electron chi connectivity index (χ0n) is 12.3. The smallest absolute Gasteiger partial charge is 0.0834 e. The van der Waals surface area contributed by atoms with Gasteiger partial charge in [-0.1, -0.05) is 25.4 Å². The molecule has 1 aromatic heterocycles. The van der Waals surface area contributed by atoms with Crippen LogP contribution in [0, 0.1) is 0 Å². The summed E-state index contributed by atoms with van der Waals surface area (Å²) in [6.45, 7) is 7.47. The van der Waals surface area contributed by atoms with Gasteiger partial charge in [-0.3, -0.25) is 4.68 Å². The quantitative estimate of drug-likeness (QED) is 0.864. The number of rotatable bonds is 6. The fourth-order valence-corrected chi connectivity index (χ4v) is 2.61. The lowest BCUT2D eigenvalue weighted by Crippen LogP contribution is -2.51. The predicted octanol–water partition coefficient (Wildman–Crippen LogP) is 2.45. The fraction of sp³-hybridized carbons (Fsp3) is 0.769. The number of aromatic nitrogens is 2. The molecule has 0 spiro atoms. The van der Waals surface area contributed by atoms with Gasteiger partial charge in [0, 0.05) is 12.6 Å². The van der Waals surface area contributed by atoms with Crippen LogP contribution in [0.3, 0.4) is 0 Å². The average Bonchev–Trinajstić information content (AvgIpc) is 2.65. The summed E-state index contributed by atoms with van der Waals surface area (Å²) in [6, 6.07) is 0.155. The molecule has 0 saturated carbocycles. The van der Waals surface area contributed by atoms with Crippen molar-refractivity contribution in [2.45, 2.75) is 38.8 Å². The Morgan fingerprint density at radius 2 is 2.11 bits per heavy atom. The van der Waals surface area contributed by atoms with Gasteiger partial charge in [-0.25, -0.2) is 0 Å². The Labute approximate surface area is 115 Å². The minimum absolute atomic E-state index is 0.00650. The molecule has 4 nitrogen and oxygen atoms in total. The number of likely N-dealkylation sites (N-methyl/N-ethyl adjacent to an activating group) is 2. The molecule has 0 bridgehead atoms. The van der Waals surface area contributed by atoms with Crippen molar-refractivity contribution in [2.24, 2.45) is 7.05 Å². The first-order chi connectivity index (χ1) is 8.38. The zero-order chi connectivity index (χ0) is 13.9. The molecule has 1 N–H and O–H groups in total. The maximum atomic E-state index is 6.30. The number of hydrogen-bond acceptors (Lipinski definition) is 3. The standard InChI is InChI=1S/C13H25ClN4/c1-7-13(3,17(4)5)12(15-8-2)11-10(14)9-16-18(11)6/h9,12,15H,7-8H2,1-6H3. The molecule has 0 radical (unpaired) electrons. The summed E-state index contributed by atoms with van der Waals surface area (Å²) >= 11 is 6.30. The van der Waals surface area contributed by atoms with Crippen LogP contribution < -0.4 is 5.32 Å². The number of hydrogen-bond donors (Lipinski definition) is 1. The molecular weight excluding hydrogens is 248 g/mol. The van der Waals surface area contributed by atoms with E-state index in [1.54, 1.807) is 6.20 Å². The largest absolute Gasteiger partial charge is 0.307 e. The molecule has 1 aromatic rings. The van der Waals surface area contributed by atoms with Crippen LogP contribution in [0.1, 0.15) is 38.9 Å². The highest BCUT2D eigenvalue weighted by Gasteiger charge is 2.38. The summed E-state index contributed by atoms with van der Waals surface area (Å²) in [7, 11) is 6.16. The number of halogens is 1. The van der Waals surface area contributed by atoms with E-state index in [1.165, 1.54) is 0 Å². The number of aryl methyl sites for hydroxylation is 1. The van der Waals surface area contributed by atoms with E-state index in [1.807, 2.05) is 11.7 Å². The molecular formula is C13H25ClN4. The van der Waals surface area contributed by atoms with Gasteiger partial charge in [-0.05, 0) is 34.0 Å². The summed E-state index contributed by atoms with van der Waals surface area (Å²) in [4.78, 5) is 2.25. The summed E-state index contributed by atoms with van der Waals surface area (Å²) < 4.78 is 1.87. The average molecular weight is 273 g/mol. The molecule has 0 amide bonds. The van der Waals surface area contributed by atoms with Crippen LogP contribution in [0.4, 0.5) is 0 Å². The second-order valence-corrected chi connectivity index (χ2v) is 5.50. The molecule has 2 atom stereocenters. The monoisotopic (exact) mass is 272 g/mol. The second-order valence-electron chi connectivity index (χ2n) is 5.10. The molecule has 5 heteroatoms. The summed E-state index contributed by atoms with van der Waals surface area (Å²) in [6.07, 6.45) is 2.74. The Balaban J connectivity index is 3.25. The minimum atomic E-state index is -0.00650. The molecule has 0 aromatic carbocycles. The van der Waals surface area contributed by atoms with Crippen molar-refractivity contribution >= 4 is 11.6 Å². The van der Waals surface area contributed by atoms with E-state index < -0.39 is 0 Å². The maximum absolute atomic E-state index is 6.30. The molecule has 0 aliphatic carbocycles. The molecule has 0 fully saturated rings. The van der Waals surface area contributed by atoms with E-state index in [2.05, 4.69) is 50.2 Å². The highest BCUT2D eigenvalue weighted by Crippen LogP contribution is 2.35. The Bertz CT molecular complexity index is 369. The molecule has 18 heavy (non-hydrogen) atoms. The van der Waals surface area contributed by atoms with Gasteiger partial charge >= 0.3 is 0 Å². The SMILES string of the molecule is CCNC(c1c(Cl)cnn1C)C(C)(CC)N(C)C. The van der Waals surface area contributed by atoms with Crippen LogP contribution in [-0.2, 0) is 7.05 Å². The normalized spacial score (nSPS) is 16.9. The first-order valence-corrected chi connectivity index (χ1v) is 6.84. The van der Waals surface area contributed by atoms with Gasteiger partial charge in [0.15, 0.2) is 0 Å². The third-order valence-corrected chi connectivity index (χ3v) is 4.27. The van der Waals surface area contributed by atoms with Gasteiger partial charge in [0.1, 0.15) is 0 Å². The summed E-state index contributed by atoms with van der Waals surface area (Å²) in [5.74, 6) is 0. The van der Waals surface area contributed by atoms with Gasteiger partial charge in [0.2, 0.25) is 0 Å². The molecule has 1 heterocycles. The minimum Gasteiger partial charge on any atom is -0.307 e. The maximum Gasteiger partial charge on any atom is 0.0834 e. The number of nitrogens with zero attached hydrogens (tertiary/aromatic N) is 3. The third-order valence-electron chi connectivity index (χ3n) is 3.98. The van der Waals surface area contributed by atoms with Gasteiger partial charge < -0.3 is 10.2 Å². The zero-order valence-corrected chi connectivity index (χ0v) is 13.0. The van der Waals surface area contributed by atoms with E-state index in [0.29, 0.717) is 0 Å². The highest BCUT2D eigenvalue weighted by atomic mass is 35.5. The lowest BCUT2D eigenvalue weighted by molar-refractivity contribution is 0.109. The first kappa shape index (κ1) is 15.5. The van der Waals surface area contributed by atoms with Crippen LogP contribution in [0.25, 0.3) is 0 Å². The highest BCUT2D eigenvalue weighted by molar-refractivity contribution is 6.31. The van der Waals surface area contributed by atoms with Crippen LogP contribution in [0.5, 0.6) is 0 Å². The van der Waals surface area contributed by atoms with Crippen molar-refractivity contribution in [3.05, 3.63) is 16.9 Å². The van der Waals surface area contributed by atoms with Crippen molar-refractivity contribution in [2.75, 3.05) is 20.6 Å². The van der Waals surface area contributed by atoms with E-state index in [-0.39, 0.29) is 11.6 Å². The fourth-order valence-electron chi connectivity index (χ4n) is 2.34. The molecule has 0 saturated heterocycles. The Hall–Kier alpha value is -0.580.